The molecule has 298 valence electrons. The molecule has 5 heterocycles. The molecule has 5 aromatic heterocycles. The number of nitrogens with zero attached hydrogens (tertiary/aromatic N) is 4. The number of hydrogen-bond donors (Lipinski definition) is 0. The summed E-state index contributed by atoms with van der Waals surface area (Å²) in [5.41, 5.74) is 14.2. The maximum Gasteiger partial charge on any atom is 0.146 e. The normalized spacial score (nSPS) is 13.3. The summed E-state index contributed by atoms with van der Waals surface area (Å²) in [4.78, 5) is 8.07. The molecule has 4 nitrogen and oxygen atoms in total. The molecular weight excluding hydrogens is 741 g/mol. The molecule has 0 bridgehead atoms. The highest BCUT2D eigenvalue weighted by Crippen LogP contribution is 2.51. The fraction of sp³-hybridized carbons (Fsp3) is 0.211. The van der Waals surface area contributed by atoms with Gasteiger partial charge in [-0.2, -0.15) is 0 Å². The fourth-order valence-electron chi connectivity index (χ4n) is 10.3. The molecule has 4 heteroatoms. The van der Waals surface area contributed by atoms with Gasteiger partial charge < -0.3 is 9.30 Å². The lowest BCUT2D eigenvalue weighted by Gasteiger charge is -2.29. The van der Waals surface area contributed by atoms with E-state index in [0.717, 1.165) is 28.2 Å². The van der Waals surface area contributed by atoms with E-state index >= 15 is 0 Å². The second kappa shape index (κ2) is 12.0. The van der Waals surface area contributed by atoms with Gasteiger partial charge in [-0.3, -0.25) is 4.40 Å². The number of fused-ring (bicyclic) bond motifs is 14. The number of rotatable bonds is 3. The Hall–Kier alpha value is -6.65. The Labute approximate surface area is 356 Å². The van der Waals surface area contributed by atoms with Gasteiger partial charge in [0.1, 0.15) is 5.65 Å². The van der Waals surface area contributed by atoms with Crippen molar-refractivity contribution in [2.45, 2.75) is 78.6 Å². The number of hydrogen-bond acceptors (Lipinski definition) is 2. The number of pyridine rings is 1. The van der Waals surface area contributed by atoms with E-state index in [9.17, 15) is 0 Å². The molecule has 0 saturated heterocycles. The zero-order valence-corrected chi connectivity index (χ0v) is 36.6. The molecule has 12 aromatic rings. The summed E-state index contributed by atoms with van der Waals surface area (Å²) in [5.74, 6) is 0. The van der Waals surface area contributed by atoms with E-state index in [1.807, 2.05) is 0 Å². The minimum Gasteiger partial charge on any atom is -0.308 e. The third kappa shape index (κ3) is 5.02. The van der Waals surface area contributed by atoms with E-state index in [0.29, 0.717) is 0 Å². The van der Waals surface area contributed by atoms with E-state index in [2.05, 4.69) is 216 Å². The standard InChI is InChI=1S/C57H50N4/c1-55(2,3)35-26-41-40-24-33-18-16-17-19-34(33)25-46(40)60-48-32-58-54-50(49(48)44(29-35)51(41)60)45-30-36(56(4,5)6)27-42-43-28-37(57(7,8)9)31-47(53(43)61(54)52(42)45)59(38-20-12-10-13-21-38)39-22-14-11-15-23-39/h10-32H,1-9H3. The smallest absolute Gasteiger partial charge is 0.146 e. The first-order valence-corrected chi connectivity index (χ1v) is 21.8. The third-order valence-corrected chi connectivity index (χ3v) is 13.6. The van der Waals surface area contributed by atoms with Crippen molar-refractivity contribution in [1.82, 2.24) is 13.8 Å². The molecule has 0 aliphatic carbocycles. The highest BCUT2D eigenvalue weighted by atomic mass is 15.2. The Morgan fingerprint density at radius 3 is 1.44 bits per heavy atom. The molecule has 0 radical (unpaired) electrons. The zero-order chi connectivity index (χ0) is 41.9. The summed E-state index contributed by atoms with van der Waals surface area (Å²) in [7, 11) is 0. The minimum absolute atomic E-state index is 0.0478. The molecule has 12 rings (SSSR count). The molecule has 0 unspecified atom stereocenters. The quantitative estimate of drug-likeness (QED) is 0.178. The van der Waals surface area contributed by atoms with Gasteiger partial charge in [0.2, 0.25) is 0 Å². The highest BCUT2D eigenvalue weighted by molar-refractivity contribution is 6.36. The van der Waals surface area contributed by atoms with Crippen LogP contribution in [0.15, 0.2) is 140 Å². The molecular formula is C57H50N4. The van der Waals surface area contributed by atoms with Crippen LogP contribution in [0.1, 0.15) is 79.0 Å². The van der Waals surface area contributed by atoms with Gasteiger partial charge in [0.25, 0.3) is 0 Å². The molecule has 0 atom stereocenters. The van der Waals surface area contributed by atoms with Gasteiger partial charge in [0.15, 0.2) is 0 Å². The first-order valence-electron chi connectivity index (χ1n) is 21.8. The van der Waals surface area contributed by atoms with Crippen LogP contribution in [0.2, 0.25) is 0 Å². The molecule has 0 amide bonds. The molecule has 0 spiro atoms. The van der Waals surface area contributed by atoms with Crippen molar-refractivity contribution in [3.05, 3.63) is 156 Å². The van der Waals surface area contributed by atoms with Crippen molar-refractivity contribution in [2.75, 3.05) is 4.90 Å². The summed E-state index contributed by atoms with van der Waals surface area (Å²) >= 11 is 0. The van der Waals surface area contributed by atoms with Crippen LogP contribution in [-0.4, -0.2) is 13.8 Å². The van der Waals surface area contributed by atoms with E-state index in [4.69, 9.17) is 4.98 Å². The second-order valence-corrected chi connectivity index (χ2v) is 20.6. The monoisotopic (exact) mass is 790 g/mol. The Morgan fingerprint density at radius 2 is 0.869 bits per heavy atom. The van der Waals surface area contributed by atoms with Crippen LogP contribution < -0.4 is 4.90 Å². The number of anilines is 3. The SMILES string of the molecule is CC(C)(C)c1cc(N(c2ccccc2)c2ccccc2)c2c(c1)c1cc(C(C)(C)C)cc3c4c5c6cc(C(C)(C)C)cc7c8cc9ccccc9cc8n(c5cnc4n2c13)c76. The van der Waals surface area contributed by atoms with Gasteiger partial charge >= 0.3 is 0 Å². The lowest BCUT2D eigenvalue weighted by Crippen LogP contribution is -2.15. The average molecular weight is 791 g/mol. The van der Waals surface area contributed by atoms with Crippen LogP contribution in [0.25, 0.3) is 87.1 Å². The Kier molecular flexibility index (Phi) is 7.13. The summed E-state index contributed by atoms with van der Waals surface area (Å²) in [5, 5.41) is 12.7. The number of benzene rings is 7. The first-order chi connectivity index (χ1) is 29.2. The molecule has 0 aliphatic heterocycles. The lowest BCUT2D eigenvalue weighted by atomic mass is 9.83. The average Bonchev–Trinajstić information content (AvgIpc) is 3.95. The Bertz CT molecular complexity index is 3690. The van der Waals surface area contributed by atoms with Crippen molar-refractivity contribution >= 4 is 104 Å². The minimum atomic E-state index is -0.0903. The van der Waals surface area contributed by atoms with Crippen LogP contribution >= 0.6 is 0 Å². The van der Waals surface area contributed by atoms with Crippen molar-refractivity contribution < 1.29 is 0 Å². The van der Waals surface area contributed by atoms with Crippen LogP contribution in [0, 0.1) is 0 Å². The lowest BCUT2D eigenvalue weighted by molar-refractivity contribution is 0.591. The number of para-hydroxylation sites is 2. The summed E-state index contributed by atoms with van der Waals surface area (Å²) in [6, 6.07) is 50.1. The van der Waals surface area contributed by atoms with Crippen molar-refractivity contribution in [3.8, 4) is 0 Å². The van der Waals surface area contributed by atoms with Crippen LogP contribution in [0.3, 0.4) is 0 Å². The van der Waals surface area contributed by atoms with Gasteiger partial charge in [-0.25, -0.2) is 4.98 Å². The van der Waals surface area contributed by atoms with E-state index in [-0.39, 0.29) is 16.2 Å². The molecule has 0 aliphatic rings. The van der Waals surface area contributed by atoms with Gasteiger partial charge in [-0.05, 0) is 117 Å². The van der Waals surface area contributed by atoms with E-state index < -0.39 is 0 Å². The zero-order valence-electron chi connectivity index (χ0n) is 36.6. The molecule has 61 heavy (non-hydrogen) atoms. The number of aromatic nitrogens is 3. The van der Waals surface area contributed by atoms with E-state index in [1.165, 1.54) is 92.6 Å². The van der Waals surface area contributed by atoms with Gasteiger partial charge in [-0.1, -0.05) is 123 Å². The molecule has 0 N–H and O–H groups in total. The second-order valence-electron chi connectivity index (χ2n) is 20.6. The maximum absolute atomic E-state index is 5.62. The highest BCUT2D eigenvalue weighted by Gasteiger charge is 2.31. The third-order valence-electron chi connectivity index (χ3n) is 13.6. The predicted octanol–water partition coefficient (Wildman–Crippen LogP) is 15.9. The predicted molar refractivity (Wildman–Crippen MR) is 262 cm³/mol. The van der Waals surface area contributed by atoms with Gasteiger partial charge in [0.05, 0.1) is 39.5 Å². The summed E-state index contributed by atoms with van der Waals surface area (Å²) in [6.07, 6.45) is 2.17. The van der Waals surface area contributed by atoms with Crippen molar-refractivity contribution in [3.63, 3.8) is 0 Å². The van der Waals surface area contributed by atoms with Crippen LogP contribution in [0.4, 0.5) is 17.1 Å². The van der Waals surface area contributed by atoms with Gasteiger partial charge in [-0.15, -0.1) is 0 Å². The maximum atomic E-state index is 5.62. The van der Waals surface area contributed by atoms with Crippen LogP contribution in [0.5, 0.6) is 0 Å². The summed E-state index contributed by atoms with van der Waals surface area (Å²) < 4.78 is 5.04. The van der Waals surface area contributed by atoms with Crippen molar-refractivity contribution in [1.29, 1.82) is 0 Å². The van der Waals surface area contributed by atoms with Crippen LogP contribution in [-0.2, 0) is 16.2 Å². The van der Waals surface area contributed by atoms with Crippen molar-refractivity contribution in [2.24, 2.45) is 0 Å². The van der Waals surface area contributed by atoms with E-state index in [1.54, 1.807) is 0 Å². The molecule has 0 saturated carbocycles. The first kappa shape index (κ1) is 36.2. The Balaban J connectivity index is 1.33. The Morgan fingerprint density at radius 1 is 0.410 bits per heavy atom. The molecule has 7 aromatic carbocycles. The molecule has 0 fully saturated rings. The summed E-state index contributed by atoms with van der Waals surface area (Å²) in [6.45, 7) is 21.1. The topological polar surface area (TPSA) is 24.9 Å². The largest absolute Gasteiger partial charge is 0.308 e. The van der Waals surface area contributed by atoms with Gasteiger partial charge in [0, 0.05) is 54.5 Å². The fourth-order valence-corrected chi connectivity index (χ4v) is 10.3.